The van der Waals surface area contributed by atoms with Gasteiger partial charge in [-0.3, -0.25) is 9.47 Å². The molecule has 6 nitrogen and oxygen atoms in total. The monoisotopic (exact) mass is 375 g/mol. The molecule has 1 aromatic carbocycles. The third-order valence-electron chi connectivity index (χ3n) is 3.60. The van der Waals surface area contributed by atoms with Crippen LogP contribution in [-0.2, 0) is 17.8 Å². The zero-order chi connectivity index (χ0) is 17.8. The molecule has 2 heterocycles. The smallest absolute Gasteiger partial charge is 0.246 e. The minimum absolute atomic E-state index is 0.0481. The number of halogens is 1. The van der Waals surface area contributed by atoms with Gasteiger partial charge in [0.2, 0.25) is 10.7 Å². The van der Waals surface area contributed by atoms with Crippen molar-refractivity contribution in [1.29, 1.82) is 0 Å². The van der Waals surface area contributed by atoms with E-state index in [9.17, 15) is 4.79 Å². The maximum absolute atomic E-state index is 12.3. The number of hydrogen-bond donors (Lipinski definition) is 1. The highest BCUT2D eigenvalue weighted by Crippen LogP contribution is 2.13. The van der Waals surface area contributed by atoms with Crippen molar-refractivity contribution in [3.05, 3.63) is 64.4 Å². The molecule has 0 saturated heterocycles. The van der Waals surface area contributed by atoms with Gasteiger partial charge in [0.1, 0.15) is 6.54 Å². The van der Waals surface area contributed by atoms with Crippen molar-refractivity contribution in [2.75, 3.05) is 5.32 Å². The minimum atomic E-state index is -0.196. The predicted octanol–water partition coefficient (Wildman–Crippen LogP) is 3.77. The number of benzene rings is 1. The van der Waals surface area contributed by atoms with Crippen LogP contribution in [0, 0.1) is 4.77 Å². The largest absolute Gasteiger partial charge is 0.324 e. The number of amides is 1. The number of nitrogens with zero attached hydrogens (tertiary/aromatic N) is 4. The fraction of sp³-hybridized carbons (Fsp3) is 0.235. The number of rotatable bonds is 6. The number of carbonyl (C=O) groups is 1. The number of aromatic nitrogens is 4. The van der Waals surface area contributed by atoms with Gasteiger partial charge in [-0.2, -0.15) is 5.10 Å². The van der Waals surface area contributed by atoms with Crippen LogP contribution in [0.15, 0.2) is 48.8 Å². The minimum Gasteiger partial charge on any atom is -0.324 e. The second-order valence-electron chi connectivity index (χ2n) is 5.54. The van der Waals surface area contributed by atoms with Gasteiger partial charge in [0, 0.05) is 29.5 Å². The quantitative estimate of drug-likeness (QED) is 0.667. The molecule has 0 saturated carbocycles. The number of nitrogens with one attached hydrogen (secondary N) is 1. The molecule has 130 valence electrons. The van der Waals surface area contributed by atoms with Crippen LogP contribution in [0.1, 0.15) is 19.2 Å². The fourth-order valence-electron chi connectivity index (χ4n) is 2.49. The normalized spacial score (nSPS) is 10.8. The average Bonchev–Trinajstić information content (AvgIpc) is 3.19. The molecule has 0 aliphatic heterocycles. The van der Waals surface area contributed by atoms with Crippen molar-refractivity contribution in [3.8, 4) is 0 Å². The maximum atomic E-state index is 12.3. The summed E-state index contributed by atoms with van der Waals surface area (Å²) in [4.78, 5) is 12.3. The molecule has 3 rings (SSSR count). The average molecular weight is 376 g/mol. The molecule has 25 heavy (non-hydrogen) atoms. The van der Waals surface area contributed by atoms with Gasteiger partial charge in [-0.1, -0.05) is 18.5 Å². The summed E-state index contributed by atoms with van der Waals surface area (Å²) in [5.74, 6) is 0.626. The molecule has 1 amide bonds. The molecule has 1 N–H and O–H groups in total. The van der Waals surface area contributed by atoms with Gasteiger partial charge < -0.3 is 5.32 Å². The summed E-state index contributed by atoms with van der Waals surface area (Å²) in [5, 5.41) is 7.96. The van der Waals surface area contributed by atoms with E-state index in [2.05, 4.69) is 17.3 Å². The van der Waals surface area contributed by atoms with E-state index in [1.807, 2.05) is 33.9 Å². The molecule has 0 radical (unpaired) electrons. The highest BCUT2D eigenvalue weighted by molar-refractivity contribution is 7.71. The Labute approximate surface area is 155 Å². The van der Waals surface area contributed by atoms with E-state index in [4.69, 9.17) is 23.8 Å². The molecule has 0 fully saturated rings. The summed E-state index contributed by atoms with van der Waals surface area (Å²) in [6.45, 7) is 2.13. The van der Waals surface area contributed by atoms with Crippen LogP contribution in [-0.4, -0.2) is 25.0 Å². The lowest BCUT2D eigenvalue weighted by Gasteiger charge is -2.07. The molecule has 8 heteroatoms. The molecular formula is C17H18ClN5OS. The molecule has 0 atom stereocenters. The highest BCUT2D eigenvalue weighted by Gasteiger charge is 2.14. The Morgan fingerprint density at radius 1 is 1.24 bits per heavy atom. The van der Waals surface area contributed by atoms with E-state index >= 15 is 0 Å². The topological polar surface area (TPSA) is 56.8 Å². The Morgan fingerprint density at radius 3 is 2.56 bits per heavy atom. The first-order valence-corrected chi connectivity index (χ1v) is 8.75. The molecule has 0 aliphatic rings. The summed E-state index contributed by atoms with van der Waals surface area (Å²) >= 11 is 11.4. The van der Waals surface area contributed by atoms with Gasteiger partial charge in [-0.05, 0) is 55.0 Å². The third-order valence-corrected chi connectivity index (χ3v) is 4.23. The Balaban J connectivity index is 1.82. The van der Waals surface area contributed by atoms with Gasteiger partial charge >= 0.3 is 0 Å². The lowest BCUT2D eigenvalue weighted by molar-refractivity contribution is -0.116. The van der Waals surface area contributed by atoms with Crippen molar-refractivity contribution in [2.24, 2.45) is 0 Å². The first-order valence-electron chi connectivity index (χ1n) is 7.96. The van der Waals surface area contributed by atoms with Gasteiger partial charge in [0.05, 0.1) is 0 Å². The highest BCUT2D eigenvalue weighted by atomic mass is 35.5. The second-order valence-corrected chi connectivity index (χ2v) is 6.34. The third kappa shape index (κ3) is 4.00. The standard InChI is InChI=1S/C17H18ClN5OS/c1-2-5-15-20-22(17(25)23(15)21-10-3-4-11-21)12-16(24)19-14-8-6-13(18)7-9-14/h3-4,6-11H,2,5,12H2,1H3,(H,19,24). The van der Waals surface area contributed by atoms with Gasteiger partial charge in [-0.15, -0.1) is 0 Å². The summed E-state index contributed by atoms with van der Waals surface area (Å²) in [6, 6.07) is 10.8. The lowest BCUT2D eigenvalue weighted by atomic mass is 10.3. The summed E-state index contributed by atoms with van der Waals surface area (Å²) in [7, 11) is 0. The summed E-state index contributed by atoms with van der Waals surface area (Å²) in [5.41, 5.74) is 0.680. The summed E-state index contributed by atoms with van der Waals surface area (Å²) in [6.07, 6.45) is 5.50. The van der Waals surface area contributed by atoms with Crippen LogP contribution in [0.25, 0.3) is 0 Å². The van der Waals surface area contributed by atoms with E-state index in [-0.39, 0.29) is 12.5 Å². The van der Waals surface area contributed by atoms with Gasteiger partial charge in [0.15, 0.2) is 5.82 Å². The number of anilines is 1. The Morgan fingerprint density at radius 2 is 1.92 bits per heavy atom. The van der Waals surface area contributed by atoms with Gasteiger partial charge in [-0.25, -0.2) is 9.36 Å². The van der Waals surface area contributed by atoms with Crippen molar-refractivity contribution < 1.29 is 4.79 Å². The van der Waals surface area contributed by atoms with Crippen LogP contribution in [0.5, 0.6) is 0 Å². The van der Waals surface area contributed by atoms with Crippen LogP contribution in [0.2, 0.25) is 5.02 Å². The molecule has 0 bridgehead atoms. The first-order chi connectivity index (χ1) is 12.1. The van der Waals surface area contributed by atoms with Crippen LogP contribution in [0.3, 0.4) is 0 Å². The molecule has 0 spiro atoms. The van der Waals surface area contributed by atoms with Crippen LogP contribution in [0.4, 0.5) is 5.69 Å². The number of carbonyl (C=O) groups excluding carboxylic acids is 1. The summed E-state index contributed by atoms with van der Waals surface area (Å²) < 4.78 is 5.74. The van der Waals surface area contributed by atoms with Crippen molar-refractivity contribution >= 4 is 35.4 Å². The zero-order valence-corrected chi connectivity index (χ0v) is 15.3. The second kappa shape index (κ2) is 7.67. The van der Waals surface area contributed by atoms with E-state index < -0.39 is 0 Å². The predicted molar refractivity (Wildman–Crippen MR) is 100 cm³/mol. The van der Waals surface area contributed by atoms with Gasteiger partial charge in [0.25, 0.3) is 0 Å². The number of aryl methyl sites for hydroxylation is 1. The fourth-order valence-corrected chi connectivity index (χ4v) is 2.92. The Hall–Kier alpha value is -2.38. The van der Waals surface area contributed by atoms with E-state index in [1.54, 1.807) is 28.9 Å². The van der Waals surface area contributed by atoms with Crippen molar-refractivity contribution in [2.45, 2.75) is 26.3 Å². The van der Waals surface area contributed by atoms with Crippen molar-refractivity contribution in [1.82, 2.24) is 19.1 Å². The van der Waals surface area contributed by atoms with E-state index in [1.165, 1.54) is 0 Å². The van der Waals surface area contributed by atoms with Crippen LogP contribution >= 0.6 is 23.8 Å². The van der Waals surface area contributed by atoms with Crippen LogP contribution < -0.4 is 5.32 Å². The molecule has 0 unspecified atom stereocenters. The lowest BCUT2D eigenvalue weighted by Crippen LogP contribution is -2.20. The maximum Gasteiger partial charge on any atom is 0.246 e. The first kappa shape index (κ1) is 17.4. The molecule has 2 aromatic heterocycles. The Bertz CT molecular complexity index is 912. The molecule has 0 aliphatic carbocycles. The SMILES string of the molecule is CCCc1nn(CC(=O)Nc2ccc(Cl)cc2)c(=S)n1-n1cccc1. The molecular weight excluding hydrogens is 358 g/mol. The van der Waals surface area contributed by atoms with Crippen molar-refractivity contribution in [3.63, 3.8) is 0 Å². The van der Waals surface area contributed by atoms with E-state index in [0.29, 0.717) is 15.5 Å². The zero-order valence-electron chi connectivity index (χ0n) is 13.7. The number of hydrogen-bond acceptors (Lipinski definition) is 3. The Kier molecular flexibility index (Phi) is 5.35. The van der Waals surface area contributed by atoms with E-state index in [0.717, 1.165) is 18.7 Å². The molecule has 3 aromatic rings.